The maximum atomic E-state index is 12.8. The number of hydrogen-bond donors (Lipinski definition) is 2. The highest BCUT2D eigenvalue weighted by Gasteiger charge is 2.52. The van der Waals surface area contributed by atoms with Crippen molar-refractivity contribution >= 4 is 40.9 Å². The van der Waals surface area contributed by atoms with Crippen LogP contribution in [0.25, 0.3) is 0 Å². The van der Waals surface area contributed by atoms with Crippen LogP contribution in [-0.4, -0.2) is 52.4 Å². The number of benzene rings is 1. The van der Waals surface area contributed by atoms with Crippen molar-refractivity contribution in [2.24, 2.45) is 11.7 Å². The second kappa shape index (κ2) is 7.31. The van der Waals surface area contributed by atoms with E-state index < -0.39 is 6.04 Å². The van der Waals surface area contributed by atoms with Gasteiger partial charge in [-0.15, -0.1) is 11.8 Å². The molecule has 0 bridgehead atoms. The zero-order chi connectivity index (χ0) is 19.9. The molecular weight excluding hydrogens is 376 g/mol. The van der Waals surface area contributed by atoms with Crippen LogP contribution in [0.15, 0.2) is 24.3 Å². The van der Waals surface area contributed by atoms with Gasteiger partial charge >= 0.3 is 0 Å². The predicted octanol–water partition coefficient (Wildman–Crippen LogP) is 1.78. The molecule has 3 N–H and O–H groups in total. The summed E-state index contributed by atoms with van der Waals surface area (Å²) in [5, 5.41) is 2.96. The van der Waals surface area contributed by atoms with Crippen LogP contribution >= 0.6 is 11.8 Å². The van der Waals surface area contributed by atoms with Crippen molar-refractivity contribution in [3.8, 4) is 0 Å². The summed E-state index contributed by atoms with van der Waals surface area (Å²) >= 11 is 1.69. The van der Waals surface area contributed by atoms with Crippen LogP contribution in [0.3, 0.4) is 0 Å². The Hall–Kier alpha value is -2.22. The van der Waals surface area contributed by atoms with Gasteiger partial charge in [-0.2, -0.15) is 0 Å². The van der Waals surface area contributed by atoms with E-state index in [9.17, 15) is 14.4 Å². The highest BCUT2D eigenvalue weighted by Crippen LogP contribution is 2.47. The van der Waals surface area contributed by atoms with Gasteiger partial charge in [0, 0.05) is 42.6 Å². The first-order chi connectivity index (χ1) is 13.4. The summed E-state index contributed by atoms with van der Waals surface area (Å²) in [7, 11) is 0. The average molecular weight is 403 g/mol. The summed E-state index contributed by atoms with van der Waals surface area (Å²) in [4.78, 5) is 40.0. The van der Waals surface area contributed by atoms with Crippen molar-refractivity contribution in [2.75, 3.05) is 29.1 Å². The molecular formula is C20H26N4O3S. The lowest BCUT2D eigenvalue weighted by atomic mass is 9.96. The minimum Gasteiger partial charge on any atom is -0.371 e. The zero-order valence-corrected chi connectivity index (χ0v) is 16.8. The van der Waals surface area contributed by atoms with Gasteiger partial charge in [-0.25, -0.2) is 0 Å². The third-order valence-corrected chi connectivity index (χ3v) is 7.65. The van der Waals surface area contributed by atoms with Crippen LogP contribution in [-0.2, 0) is 14.4 Å². The number of nitrogens with one attached hydrogen (secondary N) is 1. The molecule has 0 saturated carbocycles. The molecule has 0 aromatic heterocycles. The summed E-state index contributed by atoms with van der Waals surface area (Å²) < 4.78 is 0. The molecule has 0 aliphatic carbocycles. The molecule has 28 heavy (non-hydrogen) atoms. The molecule has 7 nitrogen and oxygen atoms in total. The third kappa shape index (κ3) is 3.45. The number of rotatable bonds is 4. The van der Waals surface area contributed by atoms with E-state index in [1.165, 1.54) is 0 Å². The van der Waals surface area contributed by atoms with E-state index in [4.69, 9.17) is 5.73 Å². The summed E-state index contributed by atoms with van der Waals surface area (Å²) in [5.41, 5.74) is 7.19. The van der Waals surface area contributed by atoms with Crippen LogP contribution in [0, 0.1) is 5.92 Å². The number of carbonyl (C=O) groups excluding carboxylic acids is 3. The van der Waals surface area contributed by atoms with E-state index in [-0.39, 0.29) is 28.5 Å². The molecule has 1 aromatic rings. The molecule has 3 aliphatic rings. The topological polar surface area (TPSA) is 95.7 Å². The average Bonchev–Trinajstić information content (AvgIpc) is 3.18. The molecule has 2 atom stereocenters. The minimum atomic E-state index is -0.405. The van der Waals surface area contributed by atoms with Gasteiger partial charge in [-0.3, -0.25) is 14.4 Å². The van der Waals surface area contributed by atoms with E-state index in [1.54, 1.807) is 16.7 Å². The van der Waals surface area contributed by atoms with Gasteiger partial charge in [-0.1, -0.05) is 0 Å². The Kier molecular flexibility index (Phi) is 4.99. The lowest BCUT2D eigenvalue weighted by Crippen LogP contribution is -2.48. The Morgan fingerprint density at radius 3 is 2.54 bits per heavy atom. The van der Waals surface area contributed by atoms with Crippen molar-refractivity contribution < 1.29 is 14.4 Å². The Labute approximate surface area is 169 Å². The van der Waals surface area contributed by atoms with Crippen LogP contribution in [0.5, 0.6) is 0 Å². The molecule has 4 rings (SSSR count). The molecule has 3 aliphatic heterocycles. The van der Waals surface area contributed by atoms with Crippen molar-refractivity contribution in [1.82, 2.24) is 4.90 Å². The molecule has 3 fully saturated rings. The Bertz CT molecular complexity index is 791. The summed E-state index contributed by atoms with van der Waals surface area (Å²) in [6.45, 7) is 3.65. The second-order valence-corrected chi connectivity index (χ2v) is 9.47. The molecule has 3 amide bonds. The smallest absolute Gasteiger partial charge is 0.248 e. The lowest BCUT2D eigenvalue weighted by molar-refractivity contribution is -0.135. The Morgan fingerprint density at radius 2 is 1.89 bits per heavy atom. The number of nitrogens with two attached hydrogens (primary N) is 1. The molecule has 150 valence electrons. The maximum Gasteiger partial charge on any atom is 0.248 e. The van der Waals surface area contributed by atoms with Gasteiger partial charge in [-0.05, 0) is 50.5 Å². The first kappa shape index (κ1) is 19.1. The number of amides is 3. The zero-order valence-electron chi connectivity index (χ0n) is 16.0. The van der Waals surface area contributed by atoms with Crippen LogP contribution in [0.2, 0.25) is 0 Å². The lowest BCUT2D eigenvalue weighted by Gasteiger charge is -2.32. The number of fused-ring (bicyclic) bond motifs is 1. The second-order valence-electron chi connectivity index (χ2n) is 7.97. The molecule has 3 heterocycles. The fraction of sp³-hybridized carbons (Fsp3) is 0.550. The third-order valence-electron chi connectivity index (χ3n) is 6.14. The van der Waals surface area contributed by atoms with E-state index in [1.807, 2.05) is 31.2 Å². The summed E-state index contributed by atoms with van der Waals surface area (Å²) in [5.74, 6) is 0.346. The fourth-order valence-corrected chi connectivity index (χ4v) is 5.85. The van der Waals surface area contributed by atoms with Gasteiger partial charge in [0.15, 0.2) is 0 Å². The van der Waals surface area contributed by atoms with E-state index in [0.29, 0.717) is 12.2 Å². The number of anilines is 2. The van der Waals surface area contributed by atoms with Crippen LogP contribution in [0.4, 0.5) is 11.4 Å². The predicted molar refractivity (Wildman–Crippen MR) is 110 cm³/mol. The number of carbonyl (C=O) groups is 3. The maximum absolute atomic E-state index is 12.8. The van der Waals surface area contributed by atoms with Gasteiger partial charge < -0.3 is 20.9 Å². The molecule has 2 unspecified atom stereocenters. The molecule has 8 heteroatoms. The quantitative estimate of drug-likeness (QED) is 0.800. The normalized spacial score (nSPS) is 27.8. The molecule has 1 aromatic carbocycles. The van der Waals surface area contributed by atoms with E-state index in [0.717, 1.165) is 43.7 Å². The Balaban J connectivity index is 1.37. The van der Waals surface area contributed by atoms with Gasteiger partial charge in [0.25, 0.3) is 0 Å². The number of primary amides is 1. The van der Waals surface area contributed by atoms with E-state index >= 15 is 0 Å². The van der Waals surface area contributed by atoms with Crippen molar-refractivity contribution in [2.45, 2.75) is 43.5 Å². The van der Waals surface area contributed by atoms with Crippen molar-refractivity contribution in [3.05, 3.63) is 24.3 Å². The van der Waals surface area contributed by atoms with Crippen LogP contribution < -0.4 is 16.0 Å². The SMILES string of the molecule is CC12CCC(=O)N1C(C(=O)Nc1ccc(N3CCC(C(N)=O)CC3)cc1)CS2. The van der Waals surface area contributed by atoms with Crippen molar-refractivity contribution in [1.29, 1.82) is 0 Å². The molecule has 0 radical (unpaired) electrons. The largest absolute Gasteiger partial charge is 0.371 e. The van der Waals surface area contributed by atoms with Crippen molar-refractivity contribution in [3.63, 3.8) is 0 Å². The first-order valence-electron chi connectivity index (χ1n) is 9.79. The monoisotopic (exact) mass is 402 g/mol. The highest BCUT2D eigenvalue weighted by molar-refractivity contribution is 8.01. The van der Waals surface area contributed by atoms with E-state index in [2.05, 4.69) is 10.2 Å². The van der Waals surface area contributed by atoms with Gasteiger partial charge in [0.05, 0.1) is 4.87 Å². The first-order valence-corrected chi connectivity index (χ1v) is 10.8. The van der Waals surface area contributed by atoms with Gasteiger partial charge in [0.2, 0.25) is 17.7 Å². The summed E-state index contributed by atoms with van der Waals surface area (Å²) in [6.07, 6.45) is 2.88. The Morgan fingerprint density at radius 1 is 1.21 bits per heavy atom. The number of piperidine rings is 1. The summed E-state index contributed by atoms with van der Waals surface area (Å²) in [6, 6.07) is 7.34. The standard InChI is InChI=1S/C20H26N4O3S/c1-20-9-6-17(25)24(20)16(12-28-20)19(27)22-14-2-4-15(5-3-14)23-10-7-13(8-11-23)18(21)26/h2-5,13,16H,6-12H2,1H3,(H2,21,26)(H,22,27). The number of hydrogen-bond acceptors (Lipinski definition) is 5. The fourth-order valence-electron chi connectivity index (χ4n) is 4.42. The minimum absolute atomic E-state index is 0.0296. The molecule has 0 spiro atoms. The highest BCUT2D eigenvalue weighted by atomic mass is 32.2. The number of thioether (sulfide) groups is 1. The van der Waals surface area contributed by atoms with Crippen LogP contribution in [0.1, 0.15) is 32.6 Å². The number of nitrogens with zero attached hydrogens (tertiary/aromatic N) is 2. The molecule has 3 saturated heterocycles. The van der Waals surface area contributed by atoms with Gasteiger partial charge in [0.1, 0.15) is 6.04 Å².